The van der Waals surface area contributed by atoms with Gasteiger partial charge in [0.15, 0.2) is 0 Å². The maximum absolute atomic E-state index is 5.87. The second-order valence-corrected chi connectivity index (χ2v) is 6.64. The Kier molecular flexibility index (Phi) is 6.22. The summed E-state index contributed by atoms with van der Waals surface area (Å²) in [5.74, 6) is 0.853. The van der Waals surface area contributed by atoms with Crippen molar-refractivity contribution < 1.29 is 4.74 Å². The number of ether oxygens (including phenoxy) is 1. The highest BCUT2D eigenvalue weighted by molar-refractivity contribution is 5.03. The standard InChI is InChI=1S/C18H29N3O/c1-2-10-20-17(4-1)14-21(12-13-22-15-16-6-7-16)18-5-3-9-19-11-8-18/h1-2,4,10,16,18-19H,3,5-9,11-15H2/t18-/m1/s1. The Morgan fingerprint density at radius 1 is 1.18 bits per heavy atom. The first-order chi connectivity index (χ1) is 10.9. The van der Waals surface area contributed by atoms with Crippen LogP contribution in [0, 0.1) is 5.92 Å². The summed E-state index contributed by atoms with van der Waals surface area (Å²) >= 11 is 0. The highest BCUT2D eigenvalue weighted by atomic mass is 16.5. The lowest BCUT2D eigenvalue weighted by atomic mass is 10.1. The highest BCUT2D eigenvalue weighted by Crippen LogP contribution is 2.28. The summed E-state index contributed by atoms with van der Waals surface area (Å²) in [5.41, 5.74) is 1.17. The highest BCUT2D eigenvalue weighted by Gasteiger charge is 2.23. The molecule has 0 unspecified atom stereocenters. The number of pyridine rings is 1. The predicted octanol–water partition coefficient (Wildman–Crippen LogP) is 2.45. The average Bonchev–Trinajstić information content (AvgIpc) is 3.38. The van der Waals surface area contributed by atoms with Crippen molar-refractivity contribution in [1.29, 1.82) is 0 Å². The van der Waals surface area contributed by atoms with E-state index in [4.69, 9.17) is 4.74 Å². The molecule has 2 aliphatic rings. The third kappa shape index (κ3) is 5.34. The molecular weight excluding hydrogens is 274 g/mol. The Morgan fingerprint density at radius 2 is 2.14 bits per heavy atom. The summed E-state index contributed by atoms with van der Waals surface area (Å²) in [6, 6.07) is 6.86. The zero-order chi connectivity index (χ0) is 15.0. The molecule has 2 fully saturated rings. The average molecular weight is 303 g/mol. The van der Waals surface area contributed by atoms with Crippen molar-refractivity contribution in [2.75, 3.05) is 32.8 Å². The van der Waals surface area contributed by atoms with Crippen LogP contribution in [0.15, 0.2) is 24.4 Å². The molecule has 1 aliphatic carbocycles. The first-order valence-electron chi connectivity index (χ1n) is 8.84. The molecule has 0 spiro atoms. The van der Waals surface area contributed by atoms with Crippen LogP contribution in [0.5, 0.6) is 0 Å². The van der Waals surface area contributed by atoms with E-state index in [0.29, 0.717) is 6.04 Å². The molecule has 3 rings (SSSR count). The van der Waals surface area contributed by atoms with Gasteiger partial charge in [0.25, 0.3) is 0 Å². The summed E-state index contributed by atoms with van der Waals surface area (Å²) < 4.78 is 5.87. The van der Waals surface area contributed by atoms with Crippen LogP contribution >= 0.6 is 0 Å². The second-order valence-electron chi connectivity index (χ2n) is 6.64. The van der Waals surface area contributed by atoms with Gasteiger partial charge >= 0.3 is 0 Å². The van der Waals surface area contributed by atoms with Crippen LogP contribution in [0.3, 0.4) is 0 Å². The molecule has 22 heavy (non-hydrogen) atoms. The number of rotatable bonds is 8. The van der Waals surface area contributed by atoms with E-state index in [1.165, 1.54) is 37.8 Å². The molecule has 4 heteroatoms. The third-order valence-electron chi connectivity index (χ3n) is 4.73. The Hall–Kier alpha value is -0.970. The van der Waals surface area contributed by atoms with Gasteiger partial charge in [-0.3, -0.25) is 9.88 Å². The fraction of sp³-hybridized carbons (Fsp3) is 0.722. The quantitative estimate of drug-likeness (QED) is 0.749. The predicted molar refractivity (Wildman–Crippen MR) is 88.7 cm³/mol. The Labute approximate surface area is 134 Å². The molecule has 1 aromatic heterocycles. The lowest BCUT2D eigenvalue weighted by molar-refractivity contribution is 0.0733. The Bertz CT molecular complexity index is 414. The fourth-order valence-electron chi connectivity index (χ4n) is 3.17. The minimum atomic E-state index is 0.654. The zero-order valence-corrected chi connectivity index (χ0v) is 13.5. The molecule has 4 nitrogen and oxygen atoms in total. The number of nitrogens with one attached hydrogen (secondary N) is 1. The van der Waals surface area contributed by atoms with Gasteiger partial charge in [0.05, 0.1) is 12.3 Å². The van der Waals surface area contributed by atoms with E-state index >= 15 is 0 Å². The summed E-state index contributed by atoms with van der Waals surface area (Å²) in [6.07, 6.45) is 8.41. The van der Waals surface area contributed by atoms with Crippen molar-refractivity contribution >= 4 is 0 Å². The van der Waals surface area contributed by atoms with Crippen LogP contribution in [0.2, 0.25) is 0 Å². The van der Waals surface area contributed by atoms with Crippen LogP contribution in [-0.4, -0.2) is 48.8 Å². The van der Waals surface area contributed by atoms with E-state index in [1.54, 1.807) is 0 Å². The largest absolute Gasteiger partial charge is 0.380 e. The first kappa shape index (κ1) is 15.9. The van der Waals surface area contributed by atoms with Gasteiger partial charge in [-0.2, -0.15) is 0 Å². The second kappa shape index (κ2) is 8.61. The van der Waals surface area contributed by atoms with E-state index in [2.05, 4.69) is 27.3 Å². The molecule has 1 saturated carbocycles. The van der Waals surface area contributed by atoms with Crippen molar-refractivity contribution in [2.24, 2.45) is 5.92 Å². The molecule has 1 saturated heterocycles. The van der Waals surface area contributed by atoms with Gasteiger partial charge in [-0.1, -0.05) is 6.07 Å². The van der Waals surface area contributed by atoms with Crippen LogP contribution in [0.1, 0.15) is 37.8 Å². The van der Waals surface area contributed by atoms with Gasteiger partial charge in [0, 0.05) is 31.9 Å². The van der Waals surface area contributed by atoms with Crippen molar-refractivity contribution in [2.45, 2.75) is 44.7 Å². The lowest BCUT2D eigenvalue weighted by Gasteiger charge is -2.30. The molecule has 1 atom stereocenters. The van der Waals surface area contributed by atoms with Gasteiger partial charge in [-0.05, 0) is 63.2 Å². The SMILES string of the molecule is c1ccc(CN(CCOCC2CC2)[C@@H]2CCCNCC2)nc1. The molecule has 1 N–H and O–H groups in total. The zero-order valence-electron chi connectivity index (χ0n) is 13.5. The molecular formula is C18H29N3O. The lowest BCUT2D eigenvalue weighted by Crippen LogP contribution is -2.38. The maximum Gasteiger partial charge on any atom is 0.0593 e. The number of aromatic nitrogens is 1. The maximum atomic E-state index is 5.87. The number of hydrogen-bond acceptors (Lipinski definition) is 4. The van der Waals surface area contributed by atoms with Crippen molar-refractivity contribution in [3.63, 3.8) is 0 Å². The monoisotopic (exact) mass is 303 g/mol. The summed E-state index contributed by atoms with van der Waals surface area (Å²) in [7, 11) is 0. The van der Waals surface area contributed by atoms with E-state index < -0.39 is 0 Å². The van der Waals surface area contributed by atoms with Crippen molar-refractivity contribution in [1.82, 2.24) is 15.2 Å². The Balaban J connectivity index is 1.53. The van der Waals surface area contributed by atoms with Crippen LogP contribution in [0.4, 0.5) is 0 Å². The van der Waals surface area contributed by atoms with Crippen LogP contribution in [0.25, 0.3) is 0 Å². The van der Waals surface area contributed by atoms with E-state index in [1.807, 2.05) is 12.3 Å². The van der Waals surface area contributed by atoms with E-state index in [9.17, 15) is 0 Å². The minimum Gasteiger partial charge on any atom is -0.380 e. The molecule has 1 aliphatic heterocycles. The van der Waals surface area contributed by atoms with Gasteiger partial charge in [0.2, 0.25) is 0 Å². The molecule has 122 valence electrons. The van der Waals surface area contributed by atoms with Crippen LogP contribution in [-0.2, 0) is 11.3 Å². The topological polar surface area (TPSA) is 37.4 Å². The van der Waals surface area contributed by atoms with Gasteiger partial charge in [-0.25, -0.2) is 0 Å². The Morgan fingerprint density at radius 3 is 2.95 bits per heavy atom. The van der Waals surface area contributed by atoms with E-state index in [-0.39, 0.29) is 0 Å². The van der Waals surface area contributed by atoms with Gasteiger partial charge in [-0.15, -0.1) is 0 Å². The van der Waals surface area contributed by atoms with Crippen molar-refractivity contribution in [3.05, 3.63) is 30.1 Å². The van der Waals surface area contributed by atoms with E-state index in [0.717, 1.165) is 45.3 Å². The van der Waals surface area contributed by atoms with Gasteiger partial charge in [0.1, 0.15) is 0 Å². The first-order valence-corrected chi connectivity index (χ1v) is 8.84. The number of nitrogens with zero attached hydrogens (tertiary/aromatic N) is 2. The minimum absolute atomic E-state index is 0.654. The molecule has 0 aromatic carbocycles. The molecule has 1 aromatic rings. The summed E-state index contributed by atoms with van der Waals surface area (Å²) in [4.78, 5) is 7.09. The molecule has 0 bridgehead atoms. The normalized spacial score (nSPS) is 22.7. The summed E-state index contributed by atoms with van der Waals surface area (Å²) in [5, 5.41) is 3.51. The van der Waals surface area contributed by atoms with Crippen LogP contribution < -0.4 is 5.32 Å². The molecule has 0 radical (unpaired) electrons. The smallest absolute Gasteiger partial charge is 0.0593 e. The third-order valence-corrected chi connectivity index (χ3v) is 4.73. The molecule has 2 heterocycles. The molecule has 0 amide bonds. The number of hydrogen-bond donors (Lipinski definition) is 1. The fourth-order valence-corrected chi connectivity index (χ4v) is 3.17. The van der Waals surface area contributed by atoms with Crippen molar-refractivity contribution in [3.8, 4) is 0 Å². The van der Waals surface area contributed by atoms with Gasteiger partial charge < -0.3 is 10.1 Å². The summed E-state index contributed by atoms with van der Waals surface area (Å²) in [6.45, 7) is 6.07.